The maximum absolute atomic E-state index is 5.44. The normalized spacial score (nSPS) is 20.2. The molecular weight excluding hydrogens is 202 g/mol. The molecule has 0 amide bonds. The summed E-state index contributed by atoms with van der Waals surface area (Å²) < 4.78 is 7.38. The van der Waals surface area contributed by atoms with Crippen LogP contribution in [0, 0.1) is 17.8 Å². The zero-order chi connectivity index (χ0) is 11.2. The minimum absolute atomic E-state index is 0.391. The van der Waals surface area contributed by atoms with Crippen LogP contribution in [0.3, 0.4) is 0 Å². The first-order chi connectivity index (χ1) is 7.88. The quantitative estimate of drug-likeness (QED) is 0.742. The van der Waals surface area contributed by atoms with Gasteiger partial charge in [-0.05, 0) is 12.8 Å². The minimum atomic E-state index is 0.391. The van der Waals surface area contributed by atoms with Gasteiger partial charge in [-0.3, -0.25) is 4.68 Å². The van der Waals surface area contributed by atoms with E-state index in [1.807, 2.05) is 10.9 Å². The Morgan fingerprint density at radius 1 is 1.62 bits per heavy atom. The first kappa shape index (κ1) is 11.2. The van der Waals surface area contributed by atoms with Gasteiger partial charge in [0, 0.05) is 25.3 Å². The Bertz CT molecular complexity index is 382. The Morgan fingerprint density at radius 2 is 2.56 bits per heavy atom. The highest BCUT2D eigenvalue weighted by atomic mass is 16.5. The third-order valence-corrected chi connectivity index (χ3v) is 2.67. The maximum atomic E-state index is 5.44. The second kappa shape index (κ2) is 5.69. The Kier molecular flexibility index (Phi) is 3.97. The molecule has 0 bridgehead atoms. The number of nitrogens with two attached hydrogens (primary N) is 1. The van der Waals surface area contributed by atoms with Crippen molar-refractivity contribution in [1.29, 1.82) is 0 Å². The van der Waals surface area contributed by atoms with Crippen LogP contribution in [0.4, 0.5) is 0 Å². The molecule has 0 spiro atoms. The molecule has 1 atom stereocenters. The lowest BCUT2D eigenvalue weighted by molar-refractivity contribution is 0.0470. The number of hydrogen-bond acceptors (Lipinski definition) is 3. The van der Waals surface area contributed by atoms with Crippen molar-refractivity contribution in [2.75, 3.05) is 19.8 Å². The molecule has 4 heteroatoms. The van der Waals surface area contributed by atoms with Crippen molar-refractivity contribution in [1.82, 2.24) is 9.78 Å². The number of hydrogen-bond donors (Lipinski definition) is 1. The van der Waals surface area contributed by atoms with E-state index in [0.717, 1.165) is 31.7 Å². The summed E-state index contributed by atoms with van der Waals surface area (Å²) in [7, 11) is 0. The predicted molar refractivity (Wildman–Crippen MR) is 61.7 cm³/mol. The predicted octanol–water partition coefficient (Wildman–Crippen LogP) is 0.620. The van der Waals surface area contributed by atoms with E-state index in [0.29, 0.717) is 12.5 Å². The highest BCUT2D eigenvalue weighted by Crippen LogP contribution is 2.15. The van der Waals surface area contributed by atoms with Crippen LogP contribution in [-0.4, -0.2) is 29.5 Å². The van der Waals surface area contributed by atoms with E-state index in [1.54, 1.807) is 6.20 Å². The summed E-state index contributed by atoms with van der Waals surface area (Å²) in [5.41, 5.74) is 6.25. The average molecular weight is 219 g/mol. The molecule has 1 aliphatic heterocycles. The van der Waals surface area contributed by atoms with Crippen LogP contribution >= 0.6 is 0 Å². The van der Waals surface area contributed by atoms with Crippen molar-refractivity contribution in [3.05, 3.63) is 18.0 Å². The molecule has 1 saturated heterocycles. The SMILES string of the molecule is NCC#Cc1cnn(CC2CCCOC2)c1. The van der Waals surface area contributed by atoms with E-state index in [-0.39, 0.29) is 0 Å². The number of aromatic nitrogens is 2. The Morgan fingerprint density at radius 3 is 3.31 bits per heavy atom. The first-order valence-electron chi connectivity index (χ1n) is 5.67. The molecule has 2 heterocycles. The summed E-state index contributed by atoms with van der Waals surface area (Å²) >= 11 is 0. The van der Waals surface area contributed by atoms with Gasteiger partial charge in [0.1, 0.15) is 0 Å². The highest BCUT2D eigenvalue weighted by Gasteiger charge is 2.14. The van der Waals surface area contributed by atoms with E-state index in [2.05, 4.69) is 16.9 Å². The summed E-state index contributed by atoms with van der Waals surface area (Å²) in [4.78, 5) is 0. The van der Waals surface area contributed by atoms with Gasteiger partial charge >= 0.3 is 0 Å². The van der Waals surface area contributed by atoms with Crippen LogP contribution in [0.15, 0.2) is 12.4 Å². The molecular formula is C12H17N3O. The smallest absolute Gasteiger partial charge is 0.0646 e. The van der Waals surface area contributed by atoms with E-state index >= 15 is 0 Å². The zero-order valence-electron chi connectivity index (χ0n) is 9.35. The van der Waals surface area contributed by atoms with Crippen LogP contribution in [-0.2, 0) is 11.3 Å². The van der Waals surface area contributed by atoms with E-state index < -0.39 is 0 Å². The van der Waals surface area contributed by atoms with Gasteiger partial charge in [-0.1, -0.05) is 11.8 Å². The molecule has 2 N–H and O–H groups in total. The topological polar surface area (TPSA) is 53.1 Å². The van der Waals surface area contributed by atoms with Crippen molar-refractivity contribution >= 4 is 0 Å². The highest BCUT2D eigenvalue weighted by molar-refractivity contribution is 5.29. The van der Waals surface area contributed by atoms with Gasteiger partial charge in [-0.2, -0.15) is 5.10 Å². The van der Waals surface area contributed by atoms with Crippen LogP contribution in [0.1, 0.15) is 18.4 Å². The fourth-order valence-electron chi connectivity index (χ4n) is 1.90. The standard InChI is InChI=1S/C12H17N3O/c13-5-1-3-11-7-14-15(8-11)9-12-4-2-6-16-10-12/h7-8,12H,2,4-6,9-10,13H2. The van der Waals surface area contributed by atoms with Gasteiger partial charge in [0.2, 0.25) is 0 Å². The van der Waals surface area contributed by atoms with Gasteiger partial charge in [0.15, 0.2) is 0 Å². The molecule has 1 aromatic heterocycles. The van der Waals surface area contributed by atoms with Crippen molar-refractivity contribution in [3.63, 3.8) is 0 Å². The number of rotatable bonds is 2. The molecule has 0 radical (unpaired) electrons. The summed E-state index contributed by atoms with van der Waals surface area (Å²) in [5.74, 6) is 6.38. The third kappa shape index (κ3) is 3.09. The second-order valence-electron chi connectivity index (χ2n) is 4.04. The molecule has 0 aliphatic carbocycles. The molecule has 0 aromatic carbocycles. The van der Waals surface area contributed by atoms with E-state index in [4.69, 9.17) is 10.5 Å². The Balaban J connectivity index is 1.91. The summed E-state index contributed by atoms with van der Waals surface area (Å²) in [5, 5.41) is 4.28. The zero-order valence-corrected chi connectivity index (χ0v) is 9.35. The number of nitrogens with zero attached hydrogens (tertiary/aromatic N) is 2. The largest absolute Gasteiger partial charge is 0.381 e. The molecule has 1 unspecified atom stereocenters. The fraction of sp³-hybridized carbons (Fsp3) is 0.583. The molecule has 1 aromatic rings. The lowest BCUT2D eigenvalue weighted by Crippen LogP contribution is -2.22. The van der Waals surface area contributed by atoms with Crippen molar-refractivity contribution < 1.29 is 4.74 Å². The Labute approximate surface area is 95.8 Å². The summed E-state index contributed by atoms with van der Waals surface area (Å²) in [6.07, 6.45) is 6.14. The van der Waals surface area contributed by atoms with Gasteiger partial charge in [0.05, 0.1) is 24.9 Å². The molecule has 86 valence electrons. The van der Waals surface area contributed by atoms with Crippen molar-refractivity contribution in [2.24, 2.45) is 11.7 Å². The average Bonchev–Trinajstić information content (AvgIpc) is 2.75. The van der Waals surface area contributed by atoms with Gasteiger partial charge in [0.25, 0.3) is 0 Å². The van der Waals surface area contributed by atoms with Crippen LogP contribution in [0.2, 0.25) is 0 Å². The second-order valence-corrected chi connectivity index (χ2v) is 4.04. The first-order valence-corrected chi connectivity index (χ1v) is 5.67. The Hall–Kier alpha value is -1.31. The van der Waals surface area contributed by atoms with Gasteiger partial charge in [-0.15, -0.1) is 0 Å². The molecule has 1 fully saturated rings. The fourth-order valence-corrected chi connectivity index (χ4v) is 1.90. The minimum Gasteiger partial charge on any atom is -0.381 e. The van der Waals surface area contributed by atoms with Crippen molar-refractivity contribution in [2.45, 2.75) is 19.4 Å². The molecule has 4 nitrogen and oxygen atoms in total. The summed E-state index contributed by atoms with van der Waals surface area (Å²) in [6.45, 7) is 3.07. The van der Waals surface area contributed by atoms with Crippen molar-refractivity contribution in [3.8, 4) is 11.8 Å². The molecule has 16 heavy (non-hydrogen) atoms. The van der Waals surface area contributed by atoms with E-state index in [1.165, 1.54) is 6.42 Å². The molecule has 0 saturated carbocycles. The molecule has 1 aliphatic rings. The summed E-state index contributed by atoms with van der Waals surface area (Å²) in [6, 6.07) is 0. The van der Waals surface area contributed by atoms with Gasteiger partial charge < -0.3 is 10.5 Å². The lowest BCUT2D eigenvalue weighted by Gasteiger charge is -2.21. The van der Waals surface area contributed by atoms with E-state index in [9.17, 15) is 0 Å². The lowest BCUT2D eigenvalue weighted by atomic mass is 10.0. The van der Waals surface area contributed by atoms with Crippen LogP contribution in [0.5, 0.6) is 0 Å². The number of ether oxygens (including phenoxy) is 1. The van der Waals surface area contributed by atoms with Gasteiger partial charge in [-0.25, -0.2) is 0 Å². The van der Waals surface area contributed by atoms with Crippen LogP contribution < -0.4 is 5.73 Å². The van der Waals surface area contributed by atoms with Crippen LogP contribution in [0.25, 0.3) is 0 Å². The monoisotopic (exact) mass is 219 g/mol. The third-order valence-electron chi connectivity index (χ3n) is 2.67. The maximum Gasteiger partial charge on any atom is 0.0646 e. The molecule has 2 rings (SSSR count).